The van der Waals surface area contributed by atoms with Crippen LogP contribution in [0.4, 0.5) is 5.82 Å². The van der Waals surface area contributed by atoms with Crippen LogP contribution in [-0.2, 0) is 14.8 Å². The van der Waals surface area contributed by atoms with Gasteiger partial charge >= 0.3 is 0 Å². The van der Waals surface area contributed by atoms with E-state index >= 15 is 0 Å². The van der Waals surface area contributed by atoms with Crippen LogP contribution in [0.15, 0.2) is 47.5 Å². The number of hydrogen-bond donors (Lipinski definition) is 1. The average Bonchev–Trinajstić information content (AvgIpc) is 2.68. The van der Waals surface area contributed by atoms with Crippen LogP contribution in [0.2, 0.25) is 0 Å². The zero-order valence-corrected chi connectivity index (χ0v) is 17.1. The summed E-state index contributed by atoms with van der Waals surface area (Å²) in [6, 6.07) is 11.0. The number of carbonyl (C=O) groups is 1. The lowest BCUT2D eigenvalue weighted by Crippen LogP contribution is -2.49. The first kappa shape index (κ1) is 20.3. The van der Waals surface area contributed by atoms with Gasteiger partial charge < -0.3 is 9.80 Å². The Morgan fingerprint density at radius 2 is 1.86 bits per heavy atom. The molecule has 1 aliphatic heterocycles. The molecule has 1 fully saturated rings. The molecule has 1 aromatic carbocycles. The predicted octanol–water partition coefficient (Wildman–Crippen LogP) is 1.72. The number of carbonyl (C=O) groups excluding carboxylic acids is 1. The van der Waals surface area contributed by atoms with E-state index in [1.54, 1.807) is 30.2 Å². The molecular formula is C20H26N4O3S. The molecule has 3 rings (SSSR count). The number of hydrogen-bond acceptors (Lipinski definition) is 5. The summed E-state index contributed by atoms with van der Waals surface area (Å²) in [6.45, 7) is 6.44. The highest BCUT2D eigenvalue weighted by atomic mass is 32.2. The van der Waals surface area contributed by atoms with Crippen LogP contribution in [0.1, 0.15) is 17.5 Å². The molecule has 8 heteroatoms. The summed E-state index contributed by atoms with van der Waals surface area (Å²) in [4.78, 5) is 21.0. The summed E-state index contributed by atoms with van der Waals surface area (Å²) >= 11 is 0. The number of nitrogens with zero attached hydrogens (tertiary/aromatic N) is 3. The monoisotopic (exact) mass is 402 g/mol. The molecule has 150 valence electrons. The number of benzene rings is 1. The molecule has 0 aliphatic carbocycles. The Morgan fingerprint density at radius 1 is 1.11 bits per heavy atom. The molecule has 0 bridgehead atoms. The second-order valence-corrected chi connectivity index (χ2v) is 8.71. The first-order valence-corrected chi connectivity index (χ1v) is 10.9. The van der Waals surface area contributed by atoms with Gasteiger partial charge in [0.1, 0.15) is 5.82 Å². The molecule has 0 saturated carbocycles. The van der Waals surface area contributed by atoms with Crippen molar-refractivity contribution >= 4 is 21.7 Å². The lowest BCUT2D eigenvalue weighted by molar-refractivity contribution is -0.131. The van der Waals surface area contributed by atoms with E-state index in [2.05, 4.69) is 14.6 Å². The number of anilines is 1. The normalized spacial score (nSPS) is 14.9. The van der Waals surface area contributed by atoms with Crippen molar-refractivity contribution in [2.75, 3.05) is 37.6 Å². The second kappa shape index (κ2) is 8.70. The zero-order valence-electron chi connectivity index (χ0n) is 16.3. The highest BCUT2D eigenvalue weighted by molar-refractivity contribution is 7.89. The Labute approximate surface area is 166 Å². The average molecular weight is 403 g/mol. The van der Waals surface area contributed by atoms with Gasteiger partial charge in [0, 0.05) is 45.3 Å². The second-order valence-electron chi connectivity index (χ2n) is 6.97. The molecule has 1 amide bonds. The minimum atomic E-state index is -3.62. The van der Waals surface area contributed by atoms with Crippen LogP contribution in [0, 0.1) is 13.8 Å². The third-order valence-corrected chi connectivity index (χ3v) is 6.48. The van der Waals surface area contributed by atoms with E-state index in [0.29, 0.717) is 18.7 Å². The summed E-state index contributed by atoms with van der Waals surface area (Å²) < 4.78 is 27.5. The summed E-state index contributed by atoms with van der Waals surface area (Å²) in [5.74, 6) is 0.875. The minimum absolute atomic E-state index is 0.0380. The maximum Gasteiger partial charge on any atom is 0.240 e. The summed E-state index contributed by atoms with van der Waals surface area (Å²) in [7, 11) is -3.62. The molecule has 0 unspecified atom stereocenters. The van der Waals surface area contributed by atoms with Gasteiger partial charge in [0.25, 0.3) is 0 Å². The molecule has 0 spiro atoms. The first-order chi connectivity index (χ1) is 13.4. The van der Waals surface area contributed by atoms with Crippen LogP contribution >= 0.6 is 0 Å². The Morgan fingerprint density at radius 3 is 2.50 bits per heavy atom. The van der Waals surface area contributed by atoms with E-state index in [1.165, 1.54) is 0 Å². The molecule has 2 heterocycles. The third kappa shape index (κ3) is 4.88. The Bertz CT molecular complexity index is 924. The van der Waals surface area contributed by atoms with Gasteiger partial charge in [-0.15, -0.1) is 0 Å². The van der Waals surface area contributed by atoms with Crippen molar-refractivity contribution in [2.45, 2.75) is 25.2 Å². The van der Waals surface area contributed by atoms with E-state index in [0.717, 1.165) is 24.5 Å². The molecule has 1 saturated heterocycles. The number of amides is 1. The number of aromatic nitrogens is 1. The fourth-order valence-corrected chi connectivity index (χ4v) is 4.61. The Kier molecular flexibility index (Phi) is 6.31. The summed E-state index contributed by atoms with van der Waals surface area (Å²) in [5.41, 5.74) is 1.71. The maximum absolute atomic E-state index is 12.5. The fraction of sp³-hybridized carbons (Fsp3) is 0.400. The topological polar surface area (TPSA) is 82.6 Å². The SMILES string of the molecule is Cc1ccc(S(=O)(=O)NCCC(=O)N2CCN(c3ccccn3)CC2)c(C)c1. The van der Waals surface area contributed by atoms with Crippen LogP contribution < -0.4 is 9.62 Å². The van der Waals surface area contributed by atoms with Crippen molar-refractivity contribution in [1.29, 1.82) is 0 Å². The van der Waals surface area contributed by atoms with Crippen molar-refractivity contribution in [3.63, 3.8) is 0 Å². The molecule has 7 nitrogen and oxygen atoms in total. The number of pyridine rings is 1. The molecule has 2 aromatic rings. The van der Waals surface area contributed by atoms with Crippen molar-refractivity contribution in [3.05, 3.63) is 53.7 Å². The van der Waals surface area contributed by atoms with Crippen molar-refractivity contribution in [2.24, 2.45) is 0 Å². The van der Waals surface area contributed by atoms with Gasteiger partial charge in [-0.2, -0.15) is 0 Å². The Balaban J connectivity index is 1.48. The van der Waals surface area contributed by atoms with Crippen molar-refractivity contribution in [1.82, 2.24) is 14.6 Å². The van der Waals surface area contributed by atoms with E-state index < -0.39 is 10.0 Å². The van der Waals surface area contributed by atoms with Crippen molar-refractivity contribution in [3.8, 4) is 0 Å². The molecule has 1 aliphatic rings. The highest BCUT2D eigenvalue weighted by Gasteiger charge is 2.22. The molecule has 0 radical (unpaired) electrons. The standard InChI is InChI=1S/C20H26N4O3S/c1-16-6-7-18(17(2)15-16)28(26,27)22-10-8-20(25)24-13-11-23(12-14-24)19-5-3-4-9-21-19/h3-7,9,15,22H,8,10-14H2,1-2H3. The lowest BCUT2D eigenvalue weighted by Gasteiger charge is -2.35. The number of rotatable bonds is 6. The largest absolute Gasteiger partial charge is 0.353 e. The predicted molar refractivity (Wildman–Crippen MR) is 109 cm³/mol. The lowest BCUT2D eigenvalue weighted by atomic mass is 10.2. The van der Waals surface area contributed by atoms with Gasteiger partial charge in [0.05, 0.1) is 4.90 Å². The maximum atomic E-state index is 12.5. The van der Waals surface area contributed by atoms with E-state index in [1.807, 2.05) is 31.2 Å². The summed E-state index contributed by atoms with van der Waals surface area (Å²) in [6.07, 6.45) is 1.91. The first-order valence-electron chi connectivity index (χ1n) is 9.37. The van der Waals surface area contributed by atoms with E-state index in [9.17, 15) is 13.2 Å². The molecule has 1 aromatic heterocycles. The molecule has 0 atom stereocenters. The van der Waals surface area contributed by atoms with Crippen LogP contribution in [0.5, 0.6) is 0 Å². The molecular weight excluding hydrogens is 376 g/mol. The fourth-order valence-electron chi connectivity index (χ4n) is 3.35. The van der Waals surface area contributed by atoms with Gasteiger partial charge in [0.15, 0.2) is 0 Å². The van der Waals surface area contributed by atoms with Gasteiger partial charge in [0.2, 0.25) is 15.9 Å². The van der Waals surface area contributed by atoms with Crippen LogP contribution in [-0.4, -0.2) is 56.9 Å². The van der Waals surface area contributed by atoms with Gasteiger partial charge in [-0.1, -0.05) is 23.8 Å². The van der Waals surface area contributed by atoms with Gasteiger partial charge in [-0.05, 0) is 37.6 Å². The van der Waals surface area contributed by atoms with Crippen LogP contribution in [0.3, 0.4) is 0 Å². The van der Waals surface area contributed by atoms with E-state index in [4.69, 9.17) is 0 Å². The number of nitrogens with one attached hydrogen (secondary N) is 1. The third-order valence-electron chi connectivity index (χ3n) is 4.86. The number of sulfonamides is 1. The van der Waals surface area contributed by atoms with Crippen LogP contribution in [0.25, 0.3) is 0 Å². The zero-order chi connectivity index (χ0) is 20.1. The summed E-state index contributed by atoms with van der Waals surface area (Å²) in [5, 5.41) is 0. The quantitative estimate of drug-likeness (QED) is 0.796. The minimum Gasteiger partial charge on any atom is -0.353 e. The molecule has 1 N–H and O–H groups in total. The van der Waals surface area contributed by atoms with Gasteiger partial charge in [-0.3, -0.25) is 4.79 Å². The highest BCUT2D eigenvalue weighted by Crippen LogP contribution is 2.16. The van der Waals surface area contributed by atoms with Gasteiger partial charge in [-0.25, -0.2) is 18.1 Å². The van der Waals surface area contributed by atoms with E-state index in [-0.39, 0.29) is 23.8 Å². The Hall–Kier alpha value is -2.45. The molecule has 28 heavy (non-hydrogen) atoms. The number of aryl methyl sites for hydroxylation is 2. The number of piperazine rings is 1. The smallest absolute Gasteiger partial charge is 0.240 e. The van der Waals surface area contributed by atoms with Crippen molar-refractivity contribution < 1.29 is 13.2 Å².